The van der Waals surface area contributed by atoms with Crippen molar-refractivity contribution in [3.05, 3.63) is 53.6 Å². The molecule has 1 N–H and O–H groups in total. The molecule has 0 radical (unpaired) electrons. The Morgan fingerprint density at radius 2 is 1.88 bits per heavy atom. The van der Waals surface area contributed by atoms with Crippen LogP contribution in [0.3, 0.4) is 0 Å². The van der Waals surface area contributed by atoms with Crippen LogP contribution < -0.4 is 14.8 Å². The van der Waals surface area contributed by atoms with Crippen LogP contribution in [0.2, 0.25) is 0 Å². The fourth-order valence-corrected chi connectivity index (χ4v) is 2.71. The minimum absolute atomic E-state index is 0.0840. The number of ether oxygens (including phenoxy) is 2. The van der Waals surface area contributed by atoms with Crippen molar-refractivity contribution in [3.63, 3.8) is 0 Å². The molecule has 2 aromatic rings. The van der Waals surface area contributed by atoms with Gasteiger partial charge < -0.3 is 14.8 Å². The van der Waals surface area contributed by atoms with Crippen LogP contribution >= 0.6 is 0 Å². The number of anilines is 1. The highest BCUT2D eigenvalue weighted by atomic mass is 16.5. The van der Waals surface area contributed by atoms with Crippen LogP contribution in [0.4, 0.5) is 5.69 Å². The van der Waals surface area contributed by atoms with Crippen molar-refractivity contribution < 1.29 is 14.3 Å². The van der Waals surface area contributed by atoms with E-state index in [1.54, 1.807) is 0 Å². The maximum absolute atomic E-state index is 12.3. The molecule has 0 saturated carbocycles. The number of fused-ring (bicyclic) bond motifs is 1. The number of carbonyl (C=O) groups is 1. The summed E-state index contributed by atoms with van der Waals surface area (Å²) in [7, 11) is 0. The third-order valence-electron chi connectivity index (χ3n) is 3.86. The predicted molar refractivity (Wildman–Crippen MR) is 101 cm³/mol. The van der Waals surface area contributed by atoms with Gasteiger partial charge in [0.1, 0.15) is 0 Å². The SMILES string of the molecule is CCOc1cc(/C=C2\C(=O)Nc3ccccc32)ccc1OCC(C)C. The predicted octanol–water partition coefficient (Wildman–Crippen LogP) is 4.61. The Kier molecular flexibility index (Phi) is 5.08. The quantitative estimate of drug-likeness (QED) is 0.783. The van der Waals surface area contributed by atoms with E-state index >= 15 is 0 Å². The maximum Gasteiger partial charge on any atom is 0.256 e. The van der Waals surface area contributed by atoms with Crippen LogP contribution in [0, 0.1) is 5.92 Å². The van der Waals surface area contributed by atoms with Gasteiger partial charge >= 0.3 is 0 Å². The minimum atomic E-state index is -0.0840. The molecule has 25 heavy (non-hydrogen) atoms. The number of amides is 1. The minimum Gasteiger partial charge on any atom is -0.490 e. The summed E-state index contributed by atoms with van der Waals surface area (Å²) in [5.74, 6) is 1.78. The van der Waals surface area contributed by atoms with Crippen LogP contribution in [-0.4, -0.2) is 19.1 Å². The zero-order valence-corrected chi connectivity index (χ0v) is 14.8. The number of carbonyl (C=O) groups excluding carboxylic acids is 1. The molecule has 0 aliphatic carbocycles. The lowest BCUT2D eigenvalue weighted by atomic mass is 10.0. The van der Waals surface area contributed by atoms with Crippen LogP contribution in [0.5, 0.6) is 11.5 Å². The second kappa shape index (κ2) is 7.43. The summed E-state index contributed by atoms with van der Waals surface area (Å²) in [4.78, 5) is 12.3. The normalized spacial score (nSPS) is 14.6. The molecule has 3 rings (SSSR count). The molecule has 0 unspecified atom stereocenters. The monoisotopic (exact) mass is 337 g/mol. The second-order valence-electron chi connectivity index (χ2n) is 6.40. The van der Waals surface area contributed by atoms with E-state index in [-0.39, 0.29) is 5.91 Å². The van der Waals surface area contributed by atoms with Gasteiger partial charge in [-0.05, 0) is 42.7 Å². The van der Waals surface area contributed by atoms with Gasteiger partial charge in [0, 0.05) is 16.8 Å². The van der Waals surface area contributed by atoms with E-state index in [2.05, 4.69) is 19.2 Å². The van der Waals surface area contributed by atoms with Crippen LogP contribution in [0.15, 0.2) is 42.5 Å². The summed E-state index contributed by atoms with van der Waals surface area (Å²) in [5, 5.41) is 2.89. The van der Waals surface area contributed by atoms with Gasteiger partial charge in [0.05, 0.1) is 13.2 Å². The molecule has 1 aliphatic rings. The highest BCUT2D eigenvalue weighted by Gasteiger charge is 2.23. The molecule has 0 bridgehead atoms. The number of nitrogens with one attached hydrogen (secondary N) is 1. The Morgan fingerprint density at radius 3 is 2.64 bits per heavy atom. The van der Waals surface area contributed by atoms with E-state index in [1.165, 1.54) is 0 Å². The summed E-state index contributed by atoms with van der Waals surface area (Å²) in [6.07, 6.45) is 1.88. The standard InChI is InChI=1S/C21H23NO3/c1-4-24-20-12-15(9-10-19(20)25-13-14(2)3)11-17-16-7-5-6-8-18(16)22-21(17)23/h5-12,14H,4,13H2,1-3H3,(H,22,23)/b17-11-. The van der Waals surface area contributed by atoms with Gasteiger partial charge in [-0.2, -0.15) is 0 Å². The molecule has 2 aromatic carbocycles. The van der Waals surface area contributed by atoms with E-state index in [1.807, 2.05) is 55.5 Å². The number of benzene rings is 2. The summed E-state index contributed by atoms with van der Waals surface area (Å²) >= 11 is 0. The molecular weight excluding hydrogens is 314 g/mol. The number of rotatable bonds is 6. The van der Waals surface area contributed by atoms with Crippen molar-refractivity contribution in [2.24, 2.45) is 5.92 Å². The first-order valence-corrected chi connectivity index (χ1v) is 8.60. The zero-order chi connectivity index (χ0) is 17.8. The van der Waals surface area contributed by atoms with Gasteiger partial charge in [-0.25, -0.2) is 0 Å². The van der Waals surface area contributed by atoms with Gasteiger partial charge in [0.15, 0.2) is 11.5 Å². The number of para-hydroxylation sites is 1. The summed E-state index contributed by atoms with van der Waals surface area (Å²) in [6, 6.07) is 13.5. The van der Waals surface area contributed by atoms with E-state index in [0.29, 0.717) is 30.5 Å². The average Bonchev–Trinajstić information content (AvgIpc) is 2.90. The Morgan fingerprint density at radius 1 is 1.08 bits per heavy atom. The van der Waals surface area contributed by atoms with Crippen molar-refractivity contribution in [3.8, 4) is 11.5 Å². The fourth-order valence-electron chi connectivity index (χ4n) is 2.71. The van der Waals surface area contributed by atoms with E-state index in [9.17, 15) is 4.79 Å². The lowest BCUT2D eigenvalue weighted by Crippen LogP contribution is -2.06. The van der Waals surface area contributed by atoms with Gasteiger partial charge in [-0.3, -0.25) is 4.79 Å². The van der Waals surface area contributed by atoms with Crippen LogP contribution in [0.25, 0.3) is 11.6 Å². The Balaban J connectivity index is 1.92. The number of hydrogen-bond donors (Lipinski definition) is 1. The Labute approximate surface area is 148 Å². The first-order valence-electron chi connectivity index (χ1n) is 8.60. The lowest BCUT2D eigenvalue weighted by Gasteiger charge is -2.14. The van der Waals surface area contributed by atoms with Crippen molar-refractivity contribution in [2.75, 3.05) is 18.5 Å². The number of hydrogen-bond acceptors (Lipinski definition) is 3. The second-order valence-corrected chi connectivity index (χ2v) is 6.40. The average molecular weight is 337 g/mol. The summed E-state index contributed by atoms with van der Waals surface area (Å²) in [5.41, 5.74) is 3.34. The third-order valence-corrected chi connectivity index (χ3v) is 3.86. The lowest BCUT2D eigenvalue weighted by molar-refractivity contribution is -0.110. The van der Waals surface area contributed by atoms with Gasteiger partial charge in [0.2, 0.25) is 0 Å². The van der Waals surface area contributed by atoms with E-state index in [4.69, 9.17) is 9.47 Å². The van der Waals surface area contributed by atoms with Crippen LogP contribution in [0.1, 0.15) is 31.9 Å². The highest BCUT2D eigenvalue weighted by molar-refractivity contribution is 6.34. The molecule has 0 spiro atoms. The van der Waals surface area contributed by atoms with Crippen molar-refractivity contribution >= 4 is 23.2 Å². The first kappa shape index (κ1) is 17.1. The Hall–Kier alpha value is -2.75. The van der Waals surface area contributed by atoms with Gasteiger partial charge in [-0.15, -0.1) is 0 Å². The van der Waals surface area contributed by atoms with Crippen molar-refractivity contribution in [1.29, 1.82) is 0 Å². The van der Waals surface area contributed by atoms with E-state index < -0.39 is 0 Å². The third kappa shape index (κ3) is 3.85. The van der Waals surface area contributed by atoms with Gasteiger partial charge in [-0.1, -0.05) is 38.1 Å². The molecule has 1 amide bonds. The molecule has 1 aliphatic heterocycles. The zero-order valence-electron chi connectivity index (χ0n) is 14.8. The smallest absolute Gasteiger partial charge is 0.256 e. The summed E-state index contributed by atoms with van der Waals surface area (Å²) in [6.45, 7) is 7.35. The highest BCUT2D eigenvalue weighted by Crippen LogP contribution is 2.35. The molecule has 0 aromatic heterocycles. The molecule has 130 valence electrons. The van der Waals surface area contributed by atoms with Crippen LogP contribution in [-0.2, 0) is 4.79 Å². The largest absolute Gasteiger partial charge is 0.490 e. The molecule has 4 nitrogen and oxygen atoms in total. The maximum atomic E-state index is 12.3. The molecule has 0 atom stereocenters. The molecule has 0 saturated heterocycles. The molecule has 4 heteroatoms. The summed E-state index contributed by atoms with van der Waals surface area (Å²) < 4.78 is 11.5. The topological polar surface area (TPSA) is 47.6 Å². The van der Waals surface area contributed by atoms with Gasteiger partial charge in [0.25, 0.3) is 5.91 Å². The first-order chi connectivity index (χ1) is 12.1. The molecule has 0 fully saturated rings. The van der Waals surface area contributed by atoms with Crippen molar-refractivity contribution in [1.82, 2.24) is 0 Å². The fraction of sp³-hybridized carbons (Fsp3) is 0.286. The molecule has 1 heterocycles. The Bertz CT molecular complexity index is 809. The van der Waals surface area contributed by atoms with Crippen molar-refractivity contribution in [2.45, 2.75) is 20.8 Å². The van der Waals surface area contributed by atoms with E-state index in [0.717, 1.165) is 22.6 Å². The molecular formula is C21H23NO3.